The van der Waals surface area contributed by atoms with E-state index in [1.165, 1.54) is 32.1 Å². The molecule has 596 valence electrons. The molecule has 0 unspecified atom stereocenters. The molecule has 106 heavy (non-hydrogen) atoms. The third kappa shape index (κ3) is 34.1. The van der Waals surface area contributed by atoms with Crippen LogP contribution in [0.25, 0.3) is 0 Å². The molecule has 5 aromatic carbocycles. The number of thiol groups is 6. The van der Waals surface area contributed by atoms with E-state index >= 15 is 0 Å². The second-order valence-electron chi connectivity index (χ2n) is 20.2. The summed E-state index contributed by atoms with van der Waals surface area (Å²) in [6.07, 6.45) is -14.0. The molecule has 0 saturated heterocycles. The van der Waals surface area contributed by atoms with Crippen LogP contribution in [0.4, 0.5) is 119 Å². The van der Waals surface area contributed by atoms with Crippen LogP contribution in [0.5, 0.6) is 17.2 Å². The summed E-state index contributed by atoms with van der Waals surface area (Å²) in [5, 5.41) is 0. The quantitative estimate of drug-likeness (QED) is 0.00787. The number of esters is 6. The van der Waals surface area contributed by atoms with Crippen LogP contribution in [0.1, 0.15) is 104 Å². The Hall–Kier alpha value is -6.87. The van der Waals surface area contributed by atoms with Crippen LogP contribution in [-0.2, 0) is 80.9 Å². The van der Waals surface area contributed by atoms with Crippen molar-refractivity contribution in [3.05, 3.63) is 157 Å². The predicted molar refractivity (Wildman–Crippen MR) is 339 cm³/mol. The fraction of sp³-hybridized carbons (Fsp3) is 0.410. The first-order chi connectivity index (χ1) is 48.7. The van der Waals surface area contributed by atoms with Crippen LogP contribution in [0.15, 0.2) is 42.5 Å². The molecule has 1 fully saturated rings. The lowest BCUT2D eigenvalue weighted by Crippen LogP contribution is -2.16. The van der Waals surface area contributed by atoms with Gasteiger partial charge in [0.2, 0.25) is 58.0 Å². The molecule has 0 aromatic heterocycles. The van der Waals surface area contributed by atoms with Crippen molar-refractivity contribution in [3.63, 3.8) is 0 Å². The normalized spacial score (nSPS) is 12.1. The first kappa shape index (κ1) is 99.1. The molecule has 0 radical (unpaired) electrons. The molecule has 0 bridgehead atoms. The molecule has 45 heteroatoms. The first-order valence-electron chi connectivity index (χ1n) is 28.8. The van der Waals surface area contributed by atoms with Gasteiger partial charge in [-0.15, -0.1) is 0 Å². The second-order valence-corrected chi connectivity index (χ2v) is 22.9. The molecular formula is C61H55F27O12S6. The smallest absolute Gasteiger partial charge is 0.416 e. The third-order valence-corrected chi connectivity index (χ3v) is 13.6. The van der Waals surface area contributed by atoms with Crippen molar-refractivity contribution >= 4 is 112 Å². The molecule has 0 N–H and O–H groups in total. The van der Waals surface area contributed by atoms with E-state index < -0.39 is 194 Å². The molecule has 1 saturated carbocycles. The first-order valence-corrected chi connectivity index (χ1v) is 32.6. The minimum absolute atomic E-state index is 0. The molecule has 1 aliphatic carbocycles. The van der Waals surface area contributed by atoms with Gasteiger partial charge in [0.15, 0.2) is 34.9 Å². The van der Waals surface area contributed by atoms with Crippen LogP contribution in [0.2, 0.25) is 0 Å². The average molecular weight is 1690 g/mol. The minimum atomic E-state index is -4.98. The number of carbonyl (C=O) groups excluding carboxylic acids is 6. The Morgan fingerprint density at radius 2 is 0.613 bits per heavy atom. The van der Waals surface area contributed by atoms with Gasteiger partial charge in [-0.1, -0.05) is 19.3 Å². The summed E-state index contributed by atoms with van der Waals surface area (Å²) in [5.74, 6) is -35.2. The van der Waals surface area contributed by atoms with Gasteiger partial charge in [-0.2, -0.15) is 146 Å². The summed E-state index contributed by atoms with van der Waals surface area (Å²) < 4.78 is 357. The van der Waals surface area contributed by atoms with Gasteiger partial charge in [-0.05, 0) is 60.7 Å². The Bertz CT molecular complexity index is 3580. The Balaban J connectivity index is 0.00000125. The van der Waals surface area contributed by atoms with E-state index in [2.05, 4.69) is 99.5 Å². The van der Waals surface area contributed by atoms with Gasteiger partial charge in [0, 0.05) is 40.6 Å². The van der Waals surface area contributed by atoms with Crippen LogP contribution in [0, 0.1) is 87.4 Å². The molecule has 12 nitrogen and oxygen atoms in total. The summed E-state index contributed by atoms with van der Waals surface area (Å²) in [4.78, 5) is 65.8. The van der Waals surface area contributed by atoms with Gasteiger partial charge in [0.1, 0.15) is 19.0 Å². The summed E-state index contributed by atoms with van der Waals surface area (Å²) in [6.45, 7) is -1.06. The van der Waals surface area contributed by atoms with Crippen molar-refractivity contribution in [1.29, 1.82) is 0 Å². The SMILES string of the molecule is F.O=C(CCS)OCC1CCCCC1.O=C(CCS)OCc1c(F)c(F)c(F)c(F)c1F.O=C(CCS)OCc1cc(C(F)(F)F)cc(C(F)(F)F)c1.O=C(CCS)Oc1c(F)c(F)c(F)c(F)c1F.O=C(CCS)Oc1c(F)c(F)cc(F)c1F.O=C(CCS)Oc1cc(C(F)(F)F)cc(C(F)(F)F)c1. The highest BCUT2D eigenvalue weighted by atomic mass is 32.1. The van der Waals surface area contributed by atoms with Crippen molar-refractivity contribution in [1.82, 2.24) is 0 Å². The maximum atomic E-state index is 13.1. The van der Waals surface area contributed by atoms with Gasteiger partial charge in [0.05, 0.1) is 72.9 Å². The predicted octanol–water partition coefficient (Wildman–Crippen LogP) is 18.4. The molecule has 6 rings (SSSR count). The number of hydrogen-bond donors (Lipinski definition) is 6. The zero-order chi connectivity index (χ0) is 80.7. The van der Waals surface area contributed by atoms with E-state index in [1.807, 2.05) is 0 Å². The summed E-state index contributed by atoms with van der Waals surface area (Å²) in [5.41, 5.74) is -7.54. The minimum Gasteiger partial charge on any atom is -0.465 e. The van der Waals surface area contributed by atoms with Crippen LogP contribution in [-0.4, -0.2) is 76.9 Å². The Labute approximate surface area is 615 Å². The number of alkyl halides is 12. The highest BCUT2D eigenvalue weighted by Gasteiger charge is 2.39. The maximum Gasteiger partial charge on any atom is 0.416 e. The number of hydrogen-bond acceptors (Lipinski definition) is 18. The van der Waals surface area contributed by atoms with Crippen molar-refractivity contribution in [2.24, 2.45) is 5.92 Å². The van der Waals surface area contributed by atoms with Crippen molar-refractivity contribution < 1.29 is 176 Å². The van der Waals surface area contributed by atoms with Crippen LogP contribution >= 0.6 is 75.8 Å². The van der Waals surface area contributed by atoms with Crippen LogP contribution in [0.3, 0.4) is 0 Å². The largest absolute Gasteiger partial charge is 0.465 e. The number of rotatable bonds is 21. The second kappa shape index (κ2) is 47.1. The Morgan fingerprint density at radius 1 is 0.330 bits per heavy atom. The maximum absolute atomic E-state index is 13.1. The highest BCUT2D eigenvalue weighted by Crippen LogP contribution is 2.40. The standard InChI is InChI=1S/C12H10F6O2S.C11H8F6O2S.C10H7F5O2S.C10H18O2S.C9H5F5O2S.C9H6F4O2S.FH/c13-11(14,15)8-3-7(6-20-10(19)1-2-21)4-9(5-8)12(16,17)18;12-10(13,14)6-3-7(11(15,16)17)5-8(4-6)19-9(18)1-2-20;11-6-4(3-17-5(16)1-2-18)7(12)9(14)10(15)8(6)13;11-10(6-7-13)12-8-9-4-2-1-3-5-9;10-4-5(11)7(13)9(8(14)6(4)12)16-3(15)1-2-17;10-4-3-5(11)8(13)9(7(4)12)15-6(14)1-2-16;/h3-5,21H,1-2,6H2;3-5,20H,1-2H2;18H,1-3H2;9,13H,1-8H2;17H,1-2H2;3,16H,1-2H2;1H. The number of ether oxygens (including phenoxy) is 6. The fourth-order valence-electron chi connectivity index (χ4n) is 7.34. The summed E-state index contributed by atoms with van der Waals surface area (Å²) in [7, 11) is 0. The fourth-order valence-corrected chi connectivity index (χ4v) is 8.43. The Kier molecular flexibility index (Phi) is 44.1. The van der Waals surface area contributed by atoms with E-state index in [9.17, 15) is 143 Å². The molecule has 0 atom stereocenters. The van der Waals surface area contributed by atoms with Gasteiger partial charge in [-0.3, -0.25) is 33.5 Å². The molecule has 0 spiro atoms. The zero-order valence-electron chi connectivity index (χ0n) is 53.1. The highest BCUT2D eigenvalue weighted by molar-refractivity contribution is 7.81. The van der Waals surface area contributed by atoms with Gasteiger partial charge in [-0.25, -0.2) is 43.9 Å². The molecule has 0 amide bonds. The summed E-state index contributed by atoms with van der Waals surface area (Å²) in [6, 6.07) is 1.71. The van der Waals surface area contributed by atoms with Crippen molar-refractivity contribution in [2.45, 2.75) is 109 Å². The molecular weight excluding hydrogens is 1630 g/mol. The third-order valence-electron chi connectivity index (χ3n) is 12.3. The molecule has 0 aliphatic heterocycles. The number of carbonyl (C=O) groups is 6. The van der Waals surface area contributed by atoms with E-state index in [1.54, 1.807) is 0 Å². The molecule has 0 heterocycles. The molecule has 1 aliphatic rings. The zero-order valence-corrected chi connectivity index (χ0v) is 58.4. The summed E-state index contributed by atoms with van der Waals surface area (Å²) >= 11 is 22.5. The topological polar surface area (TPSA) is 158 Å². The number of benzene rings is 5. The van der Waals surface area contributed by atoms with Crippen molar-refractivity contribution in [3.8, 4) is 17.2 Å². The van der Waals surface area contributed by atoms with E-state index in [4.69, 9.17) is 4.74 Å². The van der Waals surface area contributed by atoms with E-state index in [0.29, 0.717) is 49.0 Å². The van der Waals surface area contributed by atoms with E-state index in [0.717, 1.165) is 0 Å². The Morgan fingerprint density at radius 3 is 0.953 bits per heavy atom. The lowest BCUT2D eigenvalue weighted by Gasteiger charge is -2.20. The lowest BCUT2D eigenvalue weighted by molar-refractivity contribution is -0.146. The monoisotopic (exact) mass is 1680 g/mol. The average Bonchev–Trinajstić information content (AvgIpc) is 0.816. The van der Waals surface area contributed by atoms with Gasteiger partial charge < -0.3 is 28.4 Å². The van der Waals surface area contributed by atoms with Crippen molar-refractivity contribution in [2.75, 3.05) is 41.1 Å². The van der Waals surface area contributed by atoms with Crippen LogP contribution < -0.4 is 14.2 Å². The van der Waals surface area contributed by atoms with E-state index in [-0.39, 0.29) is 95.3 Å². The lowest BCUT2D eigenvalue weighted by atomic mass is 9.90. The van der Waals surface area contributed by atoms with Gasteiger partial charge in [0.25, 0.3) is 0 Å². The van der Waals surface area contributed by atoms with Gasteiger partial charge >= 0.3 is 60.5 Å². The molecule has 5 aromatic rings. The number of halogens is 27.